The molecule has 0 aromatic heterocycles. The molecule has 0 bridgehead atoms. The molecule has 6 heteroatoms. The maximum Gasteiger partial charge on any atom is 0.410 e. The van der Waals surface area contributed by atoms with Crippen LogP contribution in [0.3, 0.4) is 0 Å². The van der Waals surface area contributed by atoms with Gasteiger partial charge in [-0.1, -0.05) is 0 Å². The number of likely N-dealkylation sites (tertiary alicyclic amines) is 1. The highest BCUT2D eigenvalue weighted by Gasteiger charge is 2.40. The van der Waals surface area contributed by atoms with Gasteiger partial charge >= 0.3 is 6.09 Å². The molecule has 0 aromatic carbocycles. The third kappa shape index (κ3) is 2.69. The Kier molecular flexibility index (Phi) is 2.99. The highest BCUT2D eigenvalue weighted by molar-refractivity contribution is 5.81. The zero-order valence-corrected chi connectivity index (χ0v) is 10.4. The summed E-state index contributed by atoms with van der Waals surface area (Å²) in [5.41, 5.74) is 5.03. The van der Waals surface area contributed by atoms with Gasteiger partial charge in [0.1, 0.15) is 5.60 Å². The number of hydrogen-bond donors (Lipinski definition) is 2. The lowest BCUT2D eigenvalue weighted by atomic mass is 9.93. The summed E-state index contributed by atoms with van der Waals surface area (Å²) < 4.78 is 5.31. The second kappa shape index (κ2) is 4.18. The zero-order valence-electron chi connectivity index (χ0n) is 10.4. The number of fused-ring (bicyclic) bond motifs is 1. The maximum atomic E-state index is 11.9. The summed E-state index contributed by atoms with van der Waals surface area (Å²) in [5.74, 6) is 0.00697. The standard InChI is InChI=1S/C11H19N3O3/c1-11(2,3)17-10(16)14-5-4-7-8(6-14)12-13-9(7)15/h7-8,12H,4-6H2,1-3H3,(H,13,15)/t7-,8+/m0/s1. The monoisotopic (exact) mass is 241 g/mol. The number of carbonyl (C=O) groups is 2. The topological polar surface area (TPSA) is 70.7 Å². The molecule has 0 aliphatic carbocycles. The molecule has 96 valence electrons. The summed E-state index contributed by atoms with van der Waals surface area (Å²) in [6, 6.07) is 0.00349. The minimum absolute atomic E-state index is 0.00349. The molecule has 6 nitrogen and oxygen atoms in total. The van der Waals surface area contributed by atoms with Gasteiger partial charge in [0.25, 0.3) is 0 Å². The number of hydrogen-bond acceptors (Lipinski definition) is 4. The van der Waals surface area contributed by atoms with E-state index < -0.39 is 5.60 Å². The van der Waals surface area contributed by atoms with Gasteiger partial charge in [-0.25, -0.2) is 10.2 Å². The van der Waals surface area contributed by atoms with Gasteiger partial charge in [0.05, 0.1) is 12.0 Å². The highest BCUT2D eigenvalue weighted by Crippen LogP contribution is 2.22. The van der Waals surface area contributed by atoms with Gasteiger partial charge < -0.3 is 9.64 Å². The second-order valence-electron chi connectivity index (χ2n) is 5.56. The minimum Gasteiger partial charge on any atom is -0.444 e. The number of ether oxygens (including phenoxy) is 1. The van der Waals surface area contributed by atoms with Crippen LogP contribution in [0.5, 0.6) is 0 Å². The summed E-state index contributed by atoms with van der Waals surface area (Å²) in [4.78, 5) is 24.9. The molecule has 2 amide bonds. The van der Waals surface area contributed by atoms with Crippen molar-refractivity contribution >= 4 is 12.0 Å². The minimum atomic E-state index is -0.481. The Morgan fingerprint density at radius 2 is 2.18 bits per heavy atom. The molecule has 17 heavy (non-hydrogen) atoms. The van der Waals surface area contributed by atoms with Crippen LogP contribution in [0, 0.1) is 5.92 Å². The maximum absolute atomic E-state index is 11.9. The van der Waals surface area contributed by atoms with E-state index in [0.29, 0.717) is 19.5 Å². The Hall–Kier alpha value is -1.30. The van der Waals surface area contributed by atoms with Crippen LogP contribution in [0.25, 0.3) is 0 Å². The van der Waals surface area contributed by atoms with Crippen LogP contribution in [-0.4, -0.2) is 41.6 Å². The van der Waals surface area contributed by atoms with Gasteiger partial charge in [-0.2, -0.15) is 0 Å². The van der Waals surface area contributed by atoms with E-state index in [2.05, 4.69) is 10.9 Å². The Labute approximate surface area is 101 Å². The number of amides is 2. The van der Waals surface area contributed by atoms with Crippen LogP contribution in [0.15, 0.2) is 0 Å². The van der Waals surface area contributed by atoms with Crippen LogP contribution in [-0.2, 0) is 9.53 Å². The van der Waals surface area contributed by atoms with E-state index in [9.17, 15) is 9.59 Å². The van der Waals surface area contributed by atoms with E-state index in [4.69, 9.17) is 4.74 Å². The number of hydrazine groups is 1. The second-order valence-corrected chi connectivity index (χ2v) is 5.56. The van der Waals surface area contributed by atoms with Gasteiger partial charge in [0, 0.05) is 13.1 Å². The lowest BCUT2D eigenvalue weighted by Gasteiger charge is -2.34. The van der Waals surface area contributed by atoms with Crippen molar-refractivity contribution in [3.8, 4) is 0 Å². The van der Waals surface area contributed by atoms with E-state index in [1.54, 1.807) is 4.90 Å². The molecule has 2 fully saturated rings. The molecule has 2 aliphatic rings. The Morgan fingerprint density at radius 3 is 2.82 bits per heavy atom. The van der Waals surface area contributed by atoms with E-state index in [0.717, 1.165) is 0 Å². The Balaban J connectivity index is 1.93. The molecular weight excluding hydrogens is 222 g/mol. The van der Waals surface area contributed by atoms with Crippen molar-refractivity contribution in [1.29, 1.82) is 0 Å². The summed E-state index contributed by atoms with van der Waals surface area (Å²) in [7, 11) is 0. The van der Waals surface area contributed by atoms with Gasteiger partial charge in [-0.15, -0.1) is 0 Å². The summed E-state index contributed by atoms with van der Waals surface area (Å²) in [5, 5.41) is 0. The number of carbonyl (C=O) groups excluding carboxylic acids is 2. The molecule has 2 rings (SSSR count). The smallest absolute Gasteiger partial charge is 0.410 e. The average molecular weight is 241 g/mol. The first kappa shape index (κ1) is 12.2. The first-order valence-corrected chi connectivity index (χ1v) is 5.90. The van der Waals surface area contributed by atoms with Gasteiger partial charge in [-0.3, -0.25) is 10.2 Å². The SMILES string of the molecule is CC(C)(C)OC(=O)N1CC[C@@H]2C(=O)NN[C@@H]2C1. The predicted molar refractivity (Wildman–Crippen MR) is 61.0 cm³/mol. The number of rotatable bonds is 0. The number of nitrogens with one attached hydrogen (secondary N) is 2. The van der Waals surface area contributed by atoms with Gasteiger partial charge in [0.2, 0.25) is 5.91 Å². The molecule has 2 aliphatic heterocycles. The first-order valence-electron chi connectivity index (χ1n) is 5.90. The Bertz CT molecular complexity index is 337. The lowest BCUT2D eigenvalue weighted by Crippen LogP contribution is -2.50. The molecule has 2 atom stereocenters. The van der Waals surface area contributed by atoms with Crippen molar-refractivity contribution < 1.29 is 14.3 Å². The van der Waals surface area contributed by atoms with E-state index in [1.807, 2.05) is 20.8 Å². The van der Waals surface area contributed by atoms with Crippen LogP contribution < -0.4 is 10.9 Å². The third-order valence-electron chi connectivity index (χ3n) is 2.98. The molecule has 0 unspecified atom stereocenters. The zero-order chi connectivity index (χ0) is 12.6. The molecular formula is C11H19N3O3. The van der Waals surface area contributed by atoms with Crippen molar-refractivity contribution in [2.45, 2.75) is 38.8 Å². The van der Waals surface area contributed by atoms with Crippen LogP contribution in [0.4, 0.5) is 4.79 Å². The summed E-state index contributed by atoms with van der Waals surface area (Å²) >= 11 is 0. The van der Waals surface area contributed by atoms with Crippen molar-refractivity contribution in [2.75, 3.05) is 13.1 Å². The lowest BCUT2D eigenvalue weighted by molar-refractivity contribution is -0.123. The van der Waals surface area contributed by atoms with E-state index in [1.165, 1.54) is 0 Å². The fraction of sp³-hybridized carbons (Fsp3) is 0.818. The van der Waals surface area contributed by atoms with E-state index in [-0.39, 0.29) is 24.0 Å². The van der Waals surface area contributed by atoms with Crippen molar-refractivity contribution in [2.24, 2.45) is 5.92 Å². The first-order chi connectivity index (χ1) is 7.87. The molecule has 0 aromatic rings. The number of piperidine rings is 1. The van der Waals surface area contributed by atoms with Crippen LogP contribution in [0.1, 0.15) is 27.2 Å². The van der Waals surface area contributed by atoms with Gasteiger partial charge in [-0.05, 0) is 27.2 Å². The molecule has 2 saturated heterocycles. The molecule has 0 saturated carbocycles. The third-order valence-corrected chi connectivity index (χ3v) is 2.98. The van der Waals surface area contributed by atoms with Gasteiger partial charge in [0.15, 0.2) is 0 Å². The molecule has 0 spiro atoms. The predicted octanol–water partition coefficient (Wildman–Crippen LogP) is 0.246. The fourth-order valence-corrected chi connectivity index (χ4v) is 2.16. The quantitative estimate of drug-likeness (QED) is 0.637. The highest BCUT2D eigenvalue weighted by atomic mass is 16.6. The van der Waals surface area contributed by atoms with E-state index >= 15 is 0 Å². The summed E-state index contributed by atoms with van der Waals surface area (Å²) in [6.45, 7) is 6.62. The molecule has 2 N–H and O–H groups in total. The molecule has 2 heterocycles. The summed E-state index contributed by atoms with van der Waals surface area (Å²) in [6.07, 6.45) is 0.375. The van der Waals surface area contributed by atoms with Crippen molar-refractivity contribution in [1.82, 2.24) is 15.8 Å². The average Bonchev–Trinajstić information content (AvgIpc) is 2.57. The van der Waals surface area contributed by atoms with Crippen molar-refractivity contribution in [3.63, 3.8) is 0 Å². The Morgan fingerprint density at radius 1 is 1.47 bits per heavy atom. The van der Waals surface area contributed by atoms with Crippen LogP contribution >= 0.6 is 0 Å². The van der Waals surface area contributed by atoms with Crippen LogP contribution in [0.2, 0.25) is 0 Å². The molecule has 0 radical (unpaired) electrons. The fourth-order valence-electron chi connectivity index (χ4n) is 2.16. The van der Waals surface area contributed by atoms with Crippen molar-refractivity contribution in [3.05, 3.63) is 0 Å². The largest absolute Gasteiger partial charge is 0.444 e. The number of nitrogens with zero attached hydrogens (tertiary/aromatic N) is 1. The normalized spacial score (nSPS) is 28.6.